The fourth-order valence-electron chi connectivity index (χ4n) is 2.46. The van der Waals surface area contributed by atoms with E-state index in [2.05, 4.69) is 32.0 Å². The Bertz CT molecular complexity index is 519. The summed E-state index contributed by atoms with van der Waals surface area (Å²) in [6, 6.07) is 4.30. The van der Waals surface area contributed by atoms with Gasteiger partial charge in [-0.2, -0.15) is 0 Å². The molecule has 2 aromatic rings. The second-order valence-corrected chi connectivity index (χ2v) is 4.57. The highest BCUT2D eigenvalue weighted by molar-refractivity contribution is 5.53. The predicted molar refractivity (Wildman–Crippen MR) is 68.9 cm³/mol. The van der Waals surface area contributed by atoms with Crippen molar-refractivity contribution in [3.8, 4) is 11.4 Å². The Morgan fingerprint density at radius 1 is 1.44 bits per heavy atom. The minimum Gasteiger partial charge on any atom is -0.308 e. The molecular weight excluding hydrogens is 226 g/mol. The first-order valence-corrected chi connectivity index (χ1v) is 6.47. The lowest BCUT2D eigenvalue weighted by molar-refractivity contribution is 0.394. The van der Waals surface area contributed by atoms with Crippen LogP contribution >= 0.6 is 0 Å². The van der Waals surface area contributed by atoms with Gasteiger partial charge in [-0.1, -0.05) is 13.3 Å². The van der Waals surface area contributed by atoms with Crippen molar-refractivity contribution in [3.63, 3.8) is 0 Å². The SMILES string of the molecule is CCCC1NCCn2c(-c3cccnc3)nnc21. The number of nitrogens with one attached hydrogen (secondary N) is 1. The smallest absolute Gasteiger partial charge is 0.165 e. The number of hydrogen-bond acceptors (Lipinski definition) is 4. The summed E-state index contributed by atoms with van der Waals surface area (Å²) in [5, 5.41) is 12.2. The summed E-state index contributed by atoms with van der Waals surface area (Å²) in [5.41, 5.74) is 1.04. The Labute approximate surface area is 106 Å². The normalized spacial score (nSPS) is 18.6. The van der Waals surface area contributed by atoms with Crippen LogP contribution in [0.3, 0.4) is 0 Å². The molecule has 5 heteroatoms. The average Bonchev–Trinajstić information content (AvgIpc) is 2.85. The topological polar surface area (TPSA) is 55.6 Å². The zero-order valence-electron chi connectivity index (χ0n) is 10.5. The van der Waals surface area contributed by atoms with Gasteiger partial charge in [0.05, 0.1) is 6.04 Å². The highest BCUT2D eigenvalue weighted by Crippen LogP contribution is 2.25. The van der Waals surface area contributed by atoms with Gasteiger partial charge in [0.25, 0.3) is 0 Å². The Morgan fingerprint density at radius 3 is 3.17 bits per heavy atom. The van der Waals surface area contributed by atoms with Crippen molar-refractivity contribution < 1.29 is 0 Å². The molecule has 0 fully saturated rings. The molecule has 0 amide bonds. The highest BCUT2D eigenvalue weighted by atomic mass is 15.3. The molecule has 1 aliphatic rings. The number of hydrogen-bond donors (Lipinski definition) is 1. The van der Waals surface area contributed by atoms with Crippen LogP contribution in [0.25, 0.3) is 11.4 Å². The number of aromatic nitrogens is 4. The number of pyridine rings is 1. The molecule has 2 aromatic heterocycles. The maximum atomic E-state index is 4.36. The summed E-state index contributed by atoms with van der Waals surface area (Å²) >= 11 is 0. The van der Waals surface area contributed by atoms with E-state index in [1.807, 2.05) is 18.3 Å². The van der Waals surface area contributed by atoms with Gasteiger partial charge < -0.3 is 9.88 Å². The van der Waals surface area contributed by atoms with Crippen molar-refractivity contribution in [1.82, 2.24) is 25.1 Å². The zero-order chi connectivity index (χ0) is 12.4. The molecule has 0 saturated carbocycles. The van der Waals surface area contributed by atoms with E-state index in [9.17, 15) is 0 Å². The van der Waals surface area contributed by atoms with Crippen molar-refractivity contribution >= 4 is 0 Å². The Kier molecular flexibility index (Phi) is 3.06. The lowest BCUT2D eigenvalue weighted by atomic mass is 10.1. The summed E-state index contributed by atoms with van der Waals surface area (Å²) < 4.78 is 2.22. The van der Waals surface area contributed by atoms with Crippen molar-refractivity contribution in [3.05, 3.63) is 30.4 Å². The lowest BCUT2D eigenvalue weighted by Crippen LogP contribution is -2.33. The van der Waals surface area contributed by atoms with E-state index in [1.165, 1.54) is 0 Å². The van der Waals surface area contributed by atoms with Crippen molar-refractivity contribution in [2.24, 2.45) is 0 Å². The van der Waals surface area contributed by atoms with Gasteiger partial charge in [-0.15, -0.1) is 10.2 Å². The van der Waals surface area contributed by atoms with Gasteiger partial charge in [-0.3, -0.25) is 4.98 Å². The minimum absolute atomic E-state index is 0.335. The molecule has 18 heavy (non-hydrogen) atoms. The molecule has 0 spiro atoms. The second kappa shape index (κ2) is 4.86. The molecule has 0 aliphatic carbocycles. The van der Waals surface area contributed by atoms with Gasteiger partial charge in [0, 0.05) is 31.0 Å². The molecule has 3 heterocycles. The number of nitrogens with zero attached hydrogens (tertiary/aromatic N) is 4. The quantitative estimate of drug-likeness (QED) is 0.893. The Morgan fingerprint density at radius 2 is 2.39 bits per heavy atom. The molecular formula is C13H17N5. The van der Waals surface area contributed by atoms with Gasteiger partial charge >= 0.3 is 0 Å². The fourth-order valence-corrected chi connectivity index (χ4v) is 2.46. The number of rotatable bonds is 3. The average molecular weight is 243 g/mol. The van der Waals surface area contributed by atoms with Crippen LogP contribution in [0.1, 0.15) is 31.6 Å². The predicted octanol–water partition coefficient (Wildman–Crippen LogP) is 1.78. The van der Waals surface area contributed by atoms with Gasteiger partial charge in [-0.05, 0) is 18.6 Å². The lowest BCUT2D eigenvalue weighted by Gasteiger charge is -2.24. The van der Waals surface area contributed by atoms with Crippen molar-refractivity contribution in [2.75, 3.05) is 6.54 Å². The summed E-state index contributed by atoms with van der Waals surface area (Å²) in [6.45, 7) is 4.09. The molecule has 1 atom stereocenters. The van der Waals surface area contributed by atoms with Crippen LogP contribution in [0.15, 0.2) is 24.5 Å². The van der Waals surface area contributed by atoms with Crippen LogP contribution in [0.2, 0.25) is 0 Å². The molecule has 5 nitrogen and oxygen atoms in total. The van der Waals surface area contributed by atoms with Crippen LogP contribution in [-0.4, -0.2) is 26.3 Å². The molecule has 1 unspecified atom stereocenters. The van der Waals surface area contributed by atoms with E-state index in [4.69, 9.17) is 0 Å². The van der Waals surface area contributed by atoms with Crippen molar-refractivity contribution in [2.45, 2.75) is 32.4 Å². The van der Waals surface area contributed by atoms with Gasteiger partial charge in [-0.25, -0.2) is 0 Å². The summed E-state index contributed by atoms with van der Waals surface area (Å²) in [4.78, 5) is 4.15. The summed E-state index contributed by atoms with van der Waals surface area (Å²) in [7, 11) is 0. The Balaban J connectivity index is 2.00. The van der Waals surface area contributed by atoms with Crippen LogP contribution in [0, 0.1) is 0 Å². The fraction of sp³-hybridized carbons (Fsp3) is 0.462. The minimum atomic E-state index is 0.335. The van der Waals surface area contributed by atoms with E-state index < -0.39 is 0 Å². The van der Waals surface area contributed by atoms with E-state index >= 15 is 0 Å². The molecule has 94 valence electrons. The van der Waals surface area contributed by atoms with Crippen LogP contribution in [0.4, 0.5) is 0 Å². The molecule has 0 saturated heterocycles. The highest BCUT2D eigenvalue weighted by Gasteiger charge is 2.24. The summed E-state index contributed by atoms with van der Waals surface area (Å²) in [5.74, 6) is 1.99. The third-order valence-electron chi connectivity index (χ3n) is 3.31. The second-order valence-electron chi connectivity index (χ2n) is 4.57. The maximum absolute atomic E-state index is 4.36. The van der Waals surface area contributed by atoms with Crippen molar-refractivity contribution in [1.29, 1.82) is 0 Å². The van der Waals surface area contributed by atoms with Crippen LogP contribution in [0.5, 0.6) is 0 Å². The van der Waals surface area contributed by atoms with Gasteiger partial charge in [0.15, 0.2) is 11.6 Å². The van der Waals surface area contributed by atoms with Gasteiger partial charge in [0.2, 0.25) is 0 Å². The van der Waals surface area contributed by atoms with Crippen LogP contribution < -0.4 is 5.32 Å². The van der Waals surface area contributed by atoms with E-state index in [-0.39, 0.29) is 0 Å². The third-order valence-corrected chi connectivity index (χ3v) is 3.31. The first-order chi connectivity index (χ1) is 8.90. The first kappa shape index (κ1) is 11.3. The zero-order valence-corrected chi connectivity index (χ0v) is 10.5. The van der Waals surface area contributed by atoms with E-state index in [1.54, 1.807) is 6.20 Å². The molecule has 1 N–H and O–H groups in total. The monoisotopic (exact) mass is 243 g/mol. The molecule has 1 aliphatic heterocycles. The molecule has 0 aromatic carbocycles. The molecule has 0 bridgehead atoms. The molecule has 3 rings (SSSR count). The van der Waals surface area contributed by atoms with E-state index in [0.717, 1.165) is 43.1 Å². The number of fused-ring (bicyclic) bond motifs is 1. The van der Waals surface area contributed by atoms with Gasteiger partial charge in [0.1, 0.15) is 0 Å². The Hall–Kier alpha value is -1.75. The van der Waals surface area contributed by atoms with Crippen LogP contribution in [-0.2, 0) is 6.54 Å². The largest absolute Gasteiger partial charge is 0.308 e. The molecule has 0 radical (unpaired) electrons. The maximum Gasteiger partial charge on any atom is 0.165 e. The standard InChI is InChI=1S/C13H17N5/c1-2-4-11-13-17-16-12(18(13)8-7-15-11)10-5-3-6-14-9-10/h3,5-6,9,11,15H,2,4,7-8H2,1H3. The third kappa shape index (κ3) is 1.90. The van der Waals surface area contributed by atoms with E-state index in [0.29, 0.717) is 6.04 Å². The first-order valence-electron chi connectivity index (χ1n) is 6.47. The summed E-state index contributed by atoms with van der Waals surface area (Å²) in [6.07, 6.45) is 5.87.